The molecule has 162 valence electrons. The van der Waals surface area contributed by atoms with Gasteiger partial charge in [0.05, 0.1) is 16.5 Å². The number of nitriles is 1. The van der Waals surface area contributed by atoms with Crippen LogP contribution in [0.15, 0.2) is 53.4 Å². The molecule has 2 aromatic rings. The Kier molecular flexibility index (Phi) is 9.80. The topological polar surface area (TPSA) is 90.2 Å². The number of aryl methyl sites for hydroxylation is 1. The lowest BCUT2D eigenvalue weighted by molar-refractivity contribution is 0.191. The van der Waals surface area contributed by atoms with E-state index >= 15 is 0 Å². The molecule has 2 aromatic carbocycles. The first kappa shape index (κ1) is 24.4. The van der Waals surface area contributed by atoms with Crippen molar-refractivity contribution in [2.75, 3.05) is 6.61 Å². The third kappa shape index (κ3) is 7.41. The Morgan fingerprint density at radius 1 is 1.07 bits per heavy atom. The number of rotatable bonds is 5. The van der Waals surface area contributed by atoms with Gasteiger partial charge in [0, 0.05) is 17.7 Å². The molecule has 2 N–H and O–H groups in total. The van der Waals surface area contributed by atoms with E-state index in [0.717, 1.165) is 44.1 Å². The average Bonchev–Trinajstić information content (AvgIpc) is 2.99. The summed E-state index contributed by atoms with van der Waals surface area (Å²) < 4.78 is 27.4. The Morgan fingerprint density at radius 2 is 1.70 bits per heavy atom. The van der Waals surface area contributed by atoms with Crippen LogP contribution in [-0.2, 0) is 16.4 Å². The van der Waals surface area contributed by atoms with E-state index in [-0.39, 0.29) is 23.5 Å². The zero-order chi connectivity index (χ0) is 22.0. The van der Waals surface area contributed by atoms with Gasteiger partial charge in [-0.1, -0.05) is 49.9 Å². The van der Waals surface area contributed by atoms with E-state index < -0.39 is 10.0 Å². The summed E-state index contributed by atoms with van der Waals surface area (Å²) >= 11 is 5.77. The molecule has 1 aliphatic carbocycles. The molecule has 5 nitrogen and oxygen atoms in total. The summed E-state index contributed by atoms with van der Waals surface area (Å²) in [5, 5.41) is 18.4. The van der Waals surface area contributed by atoms with Gasteiger partial charge < -0.3 is 5.11 Å². The third-order valence-electron chi connectivity index (χ3n) is 5.32. The van der Waals surface area contributed by atoms with Crippen LogP contribution in [0.5, 0.6) is 0 Å². The maximum absolute atomic E-state index is 12.3. The maximum atomic E-state index is 12.3. The minimum atomic E-state index is -3.56. The van der Waals surface area contributed by atoms with E-state index in [4.69, 9.17) is 16.9 Å². The summed E-state index contributed by atoms with van der Waals surface area (Å²) in [5.41, 5.74) is 2.01. The van der Waals surface area contributed by atoms with Crippen molar-refractivity contribution in [1.82, 2.24) is 4.72 Å². The number of benzene rings is 2. The number of nitrogens with zero attached hydrogens (tertiary/aromatic N) is 1. The lowest BCUT2D eigenvalue weighted by Gasteiger charge is -2.24. The monoisotopic (exact) mass is 448 g/mol. The van der Waals surface area contributed by atoms with E-state index in [0.29, 0.717) is 5.02 Å². The van der Waals surface area contributed by atoms with E-state index in [9.17, 15) is 13.5 Å². The van der Waals surface area contributed by atoms with Gasteiger partial charge in [0.25, 0.3) is 0 Å². The van der Waals surface area contributed by atoms with Crippen molar-refractivity contribution in [3.8, 4) is 6.07 Å². The van der Waals surface area contributed by atoms with E-state index in [1.807, 2.05) is 24.3 Å². The molecule has 0 unspecified atom stereocenters. The van der Waals surface area contributed by atoms with Gasteiger partial charge in [0.15, 0.2) is 0 Å². The fourth-order valence-electron chi connectivity index (χ4n) is 3.45. The van der Waals surface area contributed by atoms with Gasteiger partial charge in [0.2, 0.25) is 10.0 Å². The third-order valence-corrected chi connectivity index (χ3v) is 7.07. The Bertz CT molecular complexity index is 922. The van der Waals surface area contributed by atoms with Gasteiger partial charge in [-0.3, -0.25) is 0 Å². The number of hydrogen-bond donors (Lipinski definition) is 2. The van der Waals surface area contributed by atoms with Crippen molar-refractivity contribution in [3.05, 3.63) is 64.7 Å². The molecule has 0 aromatic heterocycles. The number of aliphatic hydroxyl groups excluding tert-OH is 1. The highest BCUT2D eigenvalue weighted by atomic mass is 35.5. The molecular formula is C23H29ClN2O3S. The Labute approximate surface area is 184 Å². The van der Waals surface area contributed by atoms with Crippen LogP contribution in [0.2, 0.25) is 5.02 Å². The standard InChI is InChI=1S/C14H20ClNO3S.C9H9N/c15-12-6-8-13(9-7-12)20(18,19)16-14-5-3-1-2-4-11(14)10-17;1-2-8-3-5-9(7-10)6-4-8/h6-9,11,14,16-17H,1-5,10H2;3-6H,2H2,1H3/t11-,14+;/m0./s1. The van der Waals surface area contributed by atoms with Gasteiger partial charge in [0.1, 0.15) is 0 Å². The second-order valence-corrected chi connectivity index (χ2v) is 9.58. The fourth-order valence-corrected chi connectivity index (χ4v) is 4.92. The largest absolute Gasteiger partial charge is 0.396 e. The van der Waals surface area contributed by atoms with Gasteiger partial charge in [-0.05, 0) is 67.1 Å². The molecule has 1 fully saturated rings. The molecule has 1 saturated carbocycles. The molecule has 0 amide bonds. The van der Waals surface area contributed by atoms with Crippen LogP contribution in [0.25, 0.3) is 0 Å². The first-order valence-electron chi connectivity index (χ1n) is 10.3. The van der Waals surface area contributed by atoms with Gasteiger partial charge in [-0.15, -0.1) is 0 Å². The molecule has 3 rings (SSSR count). The molecule has 0 saturated heterocycles. The lowest BCUT2D eigenvalue weighted by atomic mass is 9.97. The number of halogens is 1. The SMILES string of the molecule is CCc1ccc(C#N)cc1.O=S(=O)(N[C@@H]1CCCCC[C@H]1CO)c1ccc(Cl)cc1. The van der Waals surface area contributed by atoms with E-state index in [1.54, 1.807) is 12.1 Å². The lowest BCUT2D eigenvalue weighted by Crippen LogP contribution is -2.41. The molecule has 0 bridgehead atoms. The summed E-state index contributed by atoms with van der Waals surface area (Å²) in [6.45, 7) is 2.12. The molecule has 1 aliphatic rings. The first-order valence-corrected chi connectivity index (χ1v) is 12.1. The minimum Gasteiger partial charge on any atom is -0.396 e. The van der Waals surface area contributed by atoms with Crippen LogP contribution in [0.1, 0.15) is 50.2 Å². The normalized spacial score (nSPS) is 19.1. The summed E-state index contributed by atoms with van der Waals surface area (Å²) in [7, 11) is -3.56. The van der Waals surface area contributed by atoms with Gasteiger partial charge in [-0.2, -0.15) is 5.26 Å². The Morgan fingerprint density at radius 3 is 2.27 bits per heavy atom. The summed E-state index contributed by atoms with van der Waals surface area (Å²) in [4.78, 5) is 0.211. The van der Waals surface area contributed by atoms with Crippen molar-refractivity contribution in [3.63, 3.8) is 0 Å². The summed E-state index contributed by atoms with van der Waals surface area (Å²) in [6.07, 6.45) is 5.80. The van der Waals surface area contributed by atoms with Crippen molar-refractivity contribution in [2.45, 2.75) is 56.4 Å². The highest BCUT2D eigenvalue weighted by Gasteiger charge is 2.27. The van der Waals surface area contributed by atoms with Crippen LogP contribution in [0, 0.1) is 17.2 Å². The predicted molar refractivity (Wildman–Crippen MR) is 120 cm³/mol. The molecule has 0 heterocycles. The molecule has 0 radical (unpaired) electrons. The number of nitrogens with one attached hydrogen (secondary N) is 1. The second kappa shape index (κ2) is 12.1. The fraction of sp³-hybridized carbons (Fsp3) is 0.435. The summed E-state index contributed by atoms with van der Waals surface area (Å²) in [6, 6.07) is 15.7. The van der Waals surface area contributed by atoms with Crippen molar-refractivity contribution < 1.29 is 13.5 Å². The zero-order valence-corrected chi connectivity index (χ0v) is 18.8. The van der Waals surface area contributed by atoms with Crippen LogP contribution < -0.4 is 4.72 Å². The zero-order valence-electron chi connectivity index (χ0n) is 17.2. The maximum Gasteiger partial charge on any atom is 0.240 e. The molecule has 2 atom stereocenters. The van der Waals surface area contributed by atoms with Crippen LogP contribution >= 0.6 is 11.6 Å². The molecule has 0 spiro atoms. The Balaban J connectivity index is 0.000000269. The molecular weight excluding hydrogens is 420 g/mol. The van der Waals surface area contributed by atoms with Gasteiger partial charge in [-0.25, -0.2) is 13.1 Å². The van der Waals surface area contributed by atoms with E-state index in [2.05, 4.69) is 17.7 Å². The quantitative estimate of drug-likeness (QED) is 0.649. The summed E-state index contributed by atoms with van der Waals surface area (Å²) in [5.74, 6) is -0.000393. The highest BCUT2D eigenvalue weighted by molar-refractivity contribution is 7.89. The van der Waals surface area contributed by atoms with E-state index in [1.165, 1.54) is 17.7 Å². The minimum absolute atomic E-state index is 0.000393. The molecule has 0 aliphatic heterocycles. The first-order chi connectivity index (χ1) is 14.4. The molecule has 7 heteroatoms. The van der Waals surface area contributed by atoms with Crippen molar-refractivity contribution in [1.29, 1.82) is 5.26 Å². The van der Waals surface area contributed by atoms with Crippen LogP contribution in [0.4, 0.5) is 0 Å². The number of hydrogen-bond acceptors (Lipinski definition) is 4. The number of sulfonamides is 1. The molecule has 30 heavy (non-hydrogen) atoms. The predicted octanol–water partition coefficient (Wildman–Crippen LogP) is 4.68. The second-order valence-electron chi connectivity index (χ2n) is 7.42. The smallest absolute Gasteiger partial charge is 0.240 e. The van der Waals surface area contributed by atoms with Crippen molar-refractivity contribution >= 4 is 21.6 Å². The van der Waals surface area contributed by atoms with Crippen LogP contribution in [0.3, 0.4) is 0 Å². The van der Waals surface area contributed by atoms with Gasteiger partial charge >= 0.3 is 0 Å². The number of aliphatic hydroxyl groups is 1. The van der Waals surface area contributed by atoms with Crippen LogP contribution in [-0.4, -0.2) is 26.2 Å². The highest BCUT2D eigenvalue weighted by Crippen LogP contribution is 2.25. The Hall–Kier alpha value is -1.91. The van der Waals surface area contributed by atoms with Crippen molar-refractivity contribution in [2.24, 2.45) is 5.92 Å². The average molecular weight is 449 g/mol.